The van der Waals surface area contributed by atoms with Crippen molar-refractivity contribution in [2.24, 2.45) is 0 Å². The van der Waals surface area contributed by atoms with Crippen LogP contribution in [-0.2, 0) is 13.0 Å². The van der Waals surface area contributed by atoms with Gasteiger partial charge in [-0.25, -0.2) is 4.98 Å². The zero-order valence-electron chi connectivity index (χ0n) is 13.6. The summed E-state index contributed by atoms with van der Waals surface area (Å²) in [6, 6.07) is 5.84. The van der Waals surface area contributed by atoms with Gasteiger partial charge in [-0.05, 0) is 50.9 Å². The lowest BCUT2D eigenvalue weighted by atomic mass is 10.1. The summed E-state index contributed by atoms with van der Waals surface area (Å²) < 4.78 is 0. The van der Waals surface area contributed by atoms with E-state index in [1.54, 1.807) is 0 Å². The molecule has 4 nitrogen and oxygen atoms in total. The maximum atomic E-state index is 4.87. The van der Waals surface area contributed by atoms with Crippen LogP contribution in [0.2, 0.25) is 0 Å². The summed E-state index contributed by atoms with van der Waals surface area (Å²) in [7, 11) is 2.20. The molecule has 1 aliphatic heterocycles. The number of hydrogen-bond acceptors (Lipinski definition) is 4. The molecule has 2 aliphatic rings. The maximum absolute atomic E-state index is 4.87. The summed E-state index contributed by atoms with van der Waals surface area (Å²) in [6.45, 7) is 8.80. The molecule has 0 amide bonds. The van der Waals surface area contributed by atoms with Crippen LogP contribution in [0.25, 0.3) is 0 Å². The highest BCUT2D eigenvalue weighted by atomic mass is 15.3. The topological polar surface area (TPSA) is 31.4 Å². The number of rotatable bonds is 5. The van der Waals surface area contributed by atoms with E-state index in [2.05, 4.69) is 48.1 Å². The number of hydrogen-bond donors (Lipinski definition) is 1. The molecule has 0 bridgehead atoms. The van der Waals surface area contributed by atoms with Crippen LogP contribution >= 0.6 is 0 Å². The Kier molecular flexibility index (Phi) is 4.45. The minimum Gasteiger partial charge on any atom is -0.351 e. The minimum absolute atomic E-state index is 0.535. The Balaban J connectivity index is 1.77. The number of nitrogens with zero attached hydrogens (tertiary/aromatic N) is 3. The van der Waals surface area contributed by atoms with Gasteiger partial charge in [-0.2, -0.15) is 0 Å². The molecule has 1 aliphatic carbocycles. The van der Waals surface area contributed by atoms with Gasteiger partial charge in [-0.1, -0.05) is 6.92 Å². The molecular weight excluding hydrogens is 260 g/mol. The van der Waals surface area contributed by atoms with Crippen LogP contribution in [0.4, 0.5) is 5.82 Å². The van der Waals surface area contributed by atoms with Crippen LogP contribution in [0, 0.1) is 0 Å². The Bertz CT molecular complexity index is 484. The lowest BCUT2D eigenvalue weighted by Gasteiger charge is -2.39. The van der Waals surface area contributed by atoms with Crippen LogP contribution < -0.4 is 10.2 Å². The van der Waals surface area contributed by atoms with Crippen LogP contribution in [0.1, 0.15) is 37.9 Å². The molecule has 1 aromatic rings. The summed E-state index contributed by atoms with van der Waals surface area (Å²) >= 11 is 0. The standard InChI is InChI=1S/C17H28N4/c1-4-15-9-14(11-18-16-5-6-16)10-17(19-15)21-8-7-20(3)12-13(21)2/h9-10,13,16,18H,4-8,11-12H2,1-3H3. The molecule has 1 aromatic heterocycles. The predicted molar refractivity (Wildman–Crippen MR) is 87.8 cm³/mol. The lowest BCUT2D eigenvalue weighted by Crippen LogP contribution is -2.50. The van der Waals surface area contributed by atoms with Gasteiger partial charge in [0.2, 0.25) is 0 Å². The average Bonchev–Trinajstić information content (AvgIpc) is 3.29. The lowest BCUT2D eigenvalue weighted by molar-refractivity contribution is 0.274. The number of anilines is 1. The number of nitrogens with one attached hydrogen (secondary N) is 1. The molecule has 116 valence electrons. The van der Waals surface area contributed by atoms with Crippen molar-refractivity contribution in [1.29, 1.82) is 0 Å². The molecule has 2 heterocycles. The van der Waals surface area contributed by atoms with Crippen LogP contribution in [-0.4, -0.2) is 48.6 Å². The van der Waals surface area contributed by atoms with Crippen molar-refractivity contribution in [3.8, 4) is 0 Å². The van der Waals surface area contributed by atoms with Crippen LogP contribution in [0.3, 0.4) is 0 Å². The maximum Gasteiger partial charge on any atom is 0.129 e. The van der Waals surface area contributed by atoms with E-state index in [1.165, 1.54) is 29.9 Å². The molecule has 1 saturated heterocycles. The van der Waals surface area contributed by atoms with Crippen molar-refractivity contribution in [3.05, 3.63) is 23.4 Å². The summed E-state index contributed by atoms with van der Waals surface area (Å²) in [6.07, 6.45) is 3.69. The highest BCUT2D eigenvalue weighted by molar-refractivity contribution is 5.44. The summed E-state index contributed by atoms with van der Waals surface area (Å²) in [5.74, 6) is 1.17. The molecule has 1 N–H and O–H groups in total. The first-order valence-corrected chi connectivity index (χ1v) is 8.34. The molecule has 0 aromatic carbocycles. The van der Waals surface area contributed by atoms with E-state index in [-0.39, 0.29) is 0 Å². The van der Waals surface area contributed by atoms with E-state index in [1.807, 2.05) is 0 Å². The van der Waals surface area contributed by atoms with Crippen LogP contribution in [0.15, 0.2) is 12.1 Å². The van der Waals surface area contributed by atoms with E-state index in [0.29, 0.717) is 6.04 Å². The van der Waals surface area contributed by atoms with Gasteiger partial charge in [-0.3, -0.25) is 0 Å². The molecule has 21 heavy (non-hydrogen) atoms. The molecule has 0 spiro atoms. The van der Waals surface area contributed by atoms with Gasteiger partial charge < -0.3 is 15.1 Å². The molecule has 1 saturated carbocycles. The third-order valence-electron chi connectivity index (χ3n) is 4.58. The van der Waals surface area contributed by atoms with E-state index in [0.717, 1.165) is 38.6 Å². The van der Waals surface area contributed by atoms with Gasteiger partial charge in [0.05, 0.1) is 0 Å². The van der Waals surface area contributed by atoms with Crippen molar-refractivity contribution in [3.63, 3.8) is 0 Å². The second-order valence-corrected chi connectivity index (χ2v) is 6.64. The fourth-order valence-electron chi connectivity index (χ4n) is 3.09. The largest absolute Gasteiger partial charge is 0.351 e. The molecule has 1 unspecified atom stereocenters. The SMILES string of the molecule is CCc1cc(CNC2CC2)cc(N2CCN(C)CC2C)n1. The first-order chi connectivity index (χ1) is 10.2. The van der Waals surface area contributed by atoms with E-state index >= 15 is 0 Å². The predicted octanol–water partition coefficient (Wildman–Crippen LogP) is 2.04. The van der Waals surface area contributed by atoms with Crippen LogP contribution in [0.5, 0.6) is 0 Å². The Labute approximate surface area is 128 Å². The quantitative estimate of drug-likeness (QED) is 0.898. The third-order valence-corrected chi connectivity index (χ3v) is 4.58. The fourth-order valence-corrected chi connectivity index (χ4v) is 3.09. The van der Waals surface area contributed by atoms with Gasteiger partial charge in [0, 0.05) is 44.0 Å². The molecular formula is C17H28N4. The smallest absolute Gasteiger partial charge is 0.129 e. The average molecular weight is 288 g/mol. The van der Waals surface area contributed by atoms with Crippen molar-refractivity contribution in [2.75, 3.05) is 31.6 Å². The first kappa shape index (κ1) is 14.8. The summed E-state index contributed by atoms with van der Waals surface area (Å²) in [5.41, 5.74) is 2.60. The molecule has 3 rings (SSSR count). The Morgan fingerprint density at radius 1 is 1.29 bits per heavy atom. The van der Waals surface area contributed by atoms with Crippen molar-refractivity contribution in [2.45, 2.75) is 51.7 Å². The fraction of sp³-hybridized carbons (Fsp3) is 0.706. The number of piperazine rings is 1. The molecule has 1 atom stereocenters. The zero-order chi connectivity index (χ0) is 14.8. The van der Waals surface area contributed by atoms with Gasteiger partial charge in [0.15, 0.2) is 0 Å². The van der Waals surface area contributed by atoms with E-state index < -0.39 is 0 Å². The molecule has 0 radical (unpaired) electrons. The van der Waals surface area contributed by atoms with Gasteiger partial charge in [0.1, 0.15) is 5.82 Å². The van der Waals surface area contributed by atoms with E-state index in [4.69, 9.17) is 4.98 Å². The number of pyridine rings is 1. The van der Waals surface area contributed by atoms with Crippen molar-refractivity contribution in [1.82, 2.24) is 15.2 Å². The zero-order valence-corrected chi connectivity index (χ0v) is 13.6. The third kappa shape index (κ3) is 3.74. The van der Waals surface area contributed by atoms with Crippen molar-refractivity contribution < 1.29 is 0 Å². The summed E-state index contributed by atoms with van der Waals surface area (Å²) in [5, 5.41) is 3.62. The normalized spacial score (nSPS) is 23.6. The molecule has 4 heteroatoms. The Morgan fingerprint density at radius 3 is 2.76 bits per heavy atom. The monoisotopic (exact) mass is 288 g/mol. The van der Waals surface area contributed by atoms with E-state index in [9.17, 15) is 0 Å². The second-order valence-electron chi connectivity index (χ2n) is 6.64. The summed E-state index contributed by atoms with van der Waals surface area (Å²) in [4.78, 5) is 9.75. The van der Waals surface area contributed by atoms with Gasteiger partial charge in [0.25, 0.3) is 0 Å². The van der Waals surface area contributed by atoms with Gasteiger partial charge >= 0.3 is 0 Å². The highest BCUT2D eigenvalue weighted by Crippen LogP contribution is 2.23. The van der Waals surface area contributed by atoms with Crippen molar-refractivity contribution >= 4 is 5.82 Å². The number of aromatic nitrogens is 1. The highest BCUT2D eigenvalue weighted by Gasteiger charge is 2.24. The van der Waals surface area contributed by atoms with Gasteiger partial charge in [-0.15, -0.1) is 0 Å². The second kappa shape index (κ2) is 6.32. The Hall–Kier alpha value is -1.13. The number of likely N-dealkylation sites (N-methyl/N-ethyl adjacent to an activating group) is 1. The minimum atomic E-state index is 0.535. The first-order valence-electron chi connectivity index (χ1n) is 8.34. The Morgan fingerprint density at radius 2 is 2.10 bits per heavy atom. The molecule has 2 fully saturated rings. The number of aryl methyl sites for hydroxylation is 1.